The van der Waals surface area contributed by atoms with E-state index in [4.69, 9.17) is 0 Å². The molecular weight excluding hydrogens is 378 g/mol. The van der Waals surface area contributed by atoms with Gasteiger partial charge >= 0.3 is 5.97 Å². The fraction of sp³-hybridized carbons (Fsp3) is 0.438. The van der Waals surface area contributed by atoms with Gasteiger partial charge in [0.05, 0.1) is 20.1 Å². The van der Waals surface area contributed by atoms with Gasteiger partial charge < -0.3 is 15.4 Å². The van der Waals surface area contributed by atoms with E-state index >= 15 is 0 Å². The van der Waals surface area contributed by atoms with E-state index < -0.39 is 12.0 Å². The Kier molecular flexibility index (Phi) is 6.33. The Bertz CT molecular complexity index is 650. The predicted molar refractivity (Wildman–Crippen MR) is 92.5 cm³/mol. The number of methoxy groups -OCH3 is 1. The quantitative estimate of drug-likeness (QED) is 0.725. The van der Waals surface area contributed by atoms with Crippen LogP contribution in [0.15, 0.2) is 22.7 Å². The Balaban J connectivity index is 2.00. The summed E-state index contributed by atoms with van der Waals surface area (Å²) < 4.78 is 5.53. The van der Waals surface area contributed by atoms with Crippen molar-refractivity contribution in [3.8, 4) is 0 Å². The van der Waals surface area contributed by atoms with E-state index in [0.29, 0.717) is 18.8 Å². The van der Waals surface area contributed by atoms with Crippen LogP contribution in [0.25, 0.3) is 0 Å². The molecule has 1 fully saturated rings. The van der Waals surface area contributed by atoms with Crippen molar-refractivity contribution in [3.63, 3.8) is 0 Å². The Morgan fingerprint density at radius 1 is 1.46 bits per heavy atom. The van der Waals surface area contributed by atoms with Gasteiger partial charge in [0.25, 0.3) is 0 Å². The molecule has 0 aromatic heterocycles. The van der Waals surface area contributed by atoms with Crippen molar-refractivity contribution in [2.75, 3.05) is 32.1 Å². The van der Waals surface area contributed by atoms with Gasteiger partial charge in [-0.25, -0.2) is 0 Å². The third kappa shape index (κ3) is 4.78. The van der Waals surface area contributed by atoms with Crippen LogP contribution in [0, 0.1) is 6.92 Å². The number of anilines is 1. The fourth-order valence-electron chi connectivity index (χ4n) is 2.47. The number of carbonyl (C=O) groups is 3. The first-order chi connectivity index (χ1) is 11.4. The van der Waals surface area contributed by atoms with Gasteiger partial charge in [-0.1, -0.05) is 22.0 Å². The molecule has 2 rings (SSSR count). The molecule has 2 N–H and O–H groups in total. The number of nitrogens with zero attached hydrogens (tertiary/aromatic N) is 1. The highest BCUT2D eigenvalue weighted by atomic mass is 79.9. The van der Waals surface area contributed by atoms with E-state index in [1.807, 2.05) is 25.1 Å². The van der Waals surface area contributed by atoms with E-state index in [0.717, 1.165) is 10.0 Å². The number of benzene rings is 1. The summed E-state index contributed by atoms with van der Waals surface area (Å²) in [6, 6.07) is 4.84. The first-order valence-electron chi connectivity index (χ1n) is 7.55. The summed E-state index contributed by atoms with van der Waals surface area (Å²) in [7, 11) is 1.27. The summed E-state index contributed by atoms with van der Waals surface area (Å²) in [4.78, 5) is 37.4. The highest BCUT2D eigenvalue weighted by Gasteiger charge is 2.33. The third-order valence-electron chi connectivity index (χ3n) is 3.83. The molecule has 2 amide bonds. The number of piperazine rings is 1. The standard InChI is InChI=1S/C16H20BrN3O4/c1-10-3-4-11(7-12(10)17)19-14(21)9-20-6-5-18-16(23)13(20)8-15(22)24-2/h3-4,7,13H,5-6,8-9H2,1-2H3,(H,18,23)(H,19,21)/t13-/m1/s1. The van der Waals surface area contributed by atoms with E-state index in [9.17, 15) is 14.4 Å². The maximum atomic E-state index is 12.3. The SMILES string of the molecule is COC(=O)C[C@@H]1C(=O)NCCN1CC(=O)Nc1ccc(C)c(Br)c1. The lowest BCUT2D eigenvalue weighted by atomic mass is 10.1. The molecule has 1 aromatic rings. The number of hydrogen-bond donors (Lipinski definition) is 2. The Labute approximate surface area is 148 Å². The minimum atomic E-state index is -0.693. The van der Waals surface area contributed by atoms with Crippen molar-refractivity contribution >= 4 is 39.4 Å². The second kappa shape index (κ2) is 8.25. The maximum Gasteiger partial charge on any atom is 0.307 e. The van der Waals surface area contributed by atoms with Crippen LogP contribution in [0.5, 0.6) is 0 Å². The monoisotopic (exact) mass is 397 g/mol. The van der Waals surface area contributed by atoms with Crippen molar-refractivity contribution in [2.24, 2.45) is 0 Å². The van der Waals surface area contributed by atoms with Gasteiger partial charge in [-0.15, -0.1) is 0 Å². The van der Waals surface area contributed by atoms with Crippen molar-refractivity contribution in [1.29, 1.82) is 0 Å². The number of esters is 1. The van der Waals surface area contributed by atoms with Crippen LogP contribution in [-0.2, 0) is 19.1 Å². The van der Waals surface area contributed by atoms with Crippen LogP contribution >= 0.6 is 15.9 Å². The summed E-state index contributed by atoms with van der Waals surface area (Å²) in [5.41, 5.74) is 1.74. The Morgan fingerprint density at radius 3 is 2.88 bits per heavy atom. The summed E-state index contributed by atoms with van der Waals surface area (Å²) in [6.45, 7) is 2.93. The number of nitrogens with one attached hydrogen (secondary N) is 2. The molecule has 0 aliphatic carbocycles. The van der Waals surface area contributed by atoms with Gasteiger partial charge in [-0.2, -0.15) is 0 Å². The number of aryl methyl sites for hydroxylation is 1. The predicted octanol–water partition coefficient (Wildman–Crippen LogP) is 1.06. The zero-order chi connectivity index (χ0) is 17.7. The number of carbonyl (C=O) groups excluding carboxylic acids is 3. The number of hydrogen-bond acceptors (Lipinski definition) is 5. The zero-order valence-corrected chi connectivity index (χ0v) is 15.2. The Hall–Kier alpha value is -1.93. The smallest absolute Gasteiger partial charge is 0.307 e. The van der Waals surface area contributed by atoms with Gasteiger partial charge in [0, 0.05) is 23.2 Å². The van der Waals surface area contributed by atoms with Gasteiger partial charge in [0.15, 0.2) is 0 Å². The molecule has 0 spiro atoms. The zero-order valence-electron chi connectivity index (χ0n) is 13.6. The lowest BCUT2D eigenvalue weighted by Crippen LogP contribution is -2.57. The molecular formula is C16H20BrN3O4. The van der Waals surface area contributed by atoms with E-state index in [2.05, 4.69) is 31.3 Å². The summed E-state index contributed by atoms with van der Waals surface area (Å²) >= 11 is 3.42. The lowest BCUT2D eigenvalue weighted by molar-refractivity contribution is -0.146. The number of ether oxygens (including phenoxy) is 1. The topological polar surface area (TPSA) is 87.7 Å². The molecule has 1 atom stereocenters. The fourth-order valence-corrected chi connectivity index (χ4v) is 2.85. The second-order valence-electron chi connectivity index (χ2n) is 5.57. The van der Waals surface area contributed by atoms with Gasteiger partial charge in [0.2, 0.25) is 11.8 Å². The Morgan fingerprint density at radius 2 is 2.21 bits per heavy atom. The van der Waals surface area contributed by atoms with Crippen LogP contribution in [0.1, 0.15) is 12.0 Å². The minimum Gasteiger partial charge on any atom is -0.469 e. The highest BCUT2D eigenvalue weighted by Crippen LogP contribution is 2.20. The van der Waals surface area contributed by atoms with Crippen LogP contribution in [0.4, 0.5) is 5.69 Å². The first kappa shape index (κ1) is 18.4. The molecule has 24 heavy (non-hydrogen) atoms. The van der Waals surface area contributed by atoms with Crippen LogP contribution in [0.3, 0.4) is 0 Å². The van der Waals surface area contributed by atoms with Crippen molar-refractivity contribution in [1.82, 2.24) is 10.2 Å². The molecule has 130 valence electrons. The summed E-state index contributed by atoms with van der Waals surface area (Å²) in [5.74, 6) is -0.988. The first-order valence-corrected chi connectivity index (χ1v) is 8.34. The van der Waals surface area contributed by atoms with Gasteiger partial charge in [-0.05, 0) is 24.6 Å². The third-order valence-corrected chi connectivity index (χ3v) is 4.69. The van der Waals surface area contributed by atoms with Crippen LogP contribution < -0.4 is 10.6 Å². The molecule has 0 unspecified atom stereocenters. The molecule has 8 heteroatoms. The molecule has 0 radical (unpaired) electrons. The average molecular weight is 398 g/mol. The van der Waals surface area contributed by atoms with Crippen molar-refractivity contribution in [2.45, 2.75) is 19.4 Å². The van der Waals surface area contributed by atoms with E-state index in [1.54, 1.807) is 4.90 Å². The largest absolute Gasteiger partial charge is 0.469 e. The molecule has 0 bridgehead atoms. The number of amides is 2. The summed E-state index contributed by atoms with van der Waals surface area (Å²) in [6.07, 6.45) is -0.0777. The number of halogens is 1. The maximum absolute atomic E-state index is 12.3. The molecule has 1 saturated heterocycles. The minimum absolute atomic E-state index is 0.0283. The molecule has 0 saturated carbocycles. The molecule has 1 heterocycles. The van der Waals surface area contributed by atoms with Crippen molar-refractivity contribution in [3.05, 3.63) is 28.2 Å². The van der Waals surface area contributed by atoms with Crippen LogP contribution in [-0.4, -0.2) is 55.5 Å². The van der Waals surface area contributed by atoms with Gasteiger partial charge in [0.1, 0.15) is 6.04 Å². The van der Waals surface area contributed by atoms with E-state index in [-0.39, 0.29) is 24.8 Å². The molecule has 1 aliphatic heterocycles. The lowest BCUT2D eigenvalue weighted by Gasteiger charge is -2.33. The van der Waals surface area contributed by atoms with Gasteiger partial charge in [-0.3, -0.25) is 19.3 Å². The summed E-state index contributed by atoms with van der Waals surface area (Å²) in [5, 5.41) is 5.50. The van der Waals surface area contributed by atoms with E-state index in [1.165, 1.54) is 7.11 Å². The normalized spacial score (nSPS) is 18.0. The van der Waals surface area contributed by atoms with Crippen molar-refractivity contribution < 1.29 is 19.1 Å². The highest BCUT2D eigenvalue weighted by molar-refractivity contribution is 9.10. The molecule has 1 aliphatic rings. The second-order valence-corrected chi connectivity index (χ2v) is 6.42. The average Bonchev–Trinajstić information content (AvgIpc) is 2.54. The number of rotatable bonds is 5. The van der Waals surface area contributed by atoms with Crippen LogP contribution in [0.2, 0.25) is 0 Å². The molecule has 1 aromatic carbocycles. The molecule has 7 nitrogen and oxygen atoms in total.